The number of rotatable bonds is 4. The van der Waals surface area contributed by atoms with Gasteiger partial charge in [0.1, 0.15) is 6.04 Å². The third kappa shape index (κ3) is 3.50. The van der Waals surface area contributed by atoms with Gasteiger partial charge in [-0.25, -0.2) is 4.90 Å². The number of amides is 3. The summed E-state index contributed by atoms with van der Waals surface area (Å²) in [6, 6.07) is 18.8. The van der Waals surface area contributed by atoms with Gasteiger partial charge in [-0.2, -0.15) is 0 Å². The highest BCUT2D eigenvalue weighted by atomic mass is 16.6. The summed E-state index contributed by atoms with van der Waals surface area (Å²) in [5, 5.41) is 13.8. The van der Waals surface area contributed by atoms with E-state index in [0.717, 1.165) is 16.8 Å². The molecule has 0 saturated carbocycles. The molecule has 184 valence electrons. The van der Waals surface area contributed by atoms with Gasteiger partial charge in [-0.3, -0.25) is 24.5 Å². The molecule has 2 saturated heterocycles. The number of nitrogens with one attached hydrogen (secondary N) is 1. The maximum Gasteiger partial charge on any atom is 0.269 e. The Morgan fingerprint density at radius 1 is 0.919 bits per heavy atom. The van der Waals surface area contributed by atoms with E-state index in [9.17, 15) is 24.5 Å². The van der Waals surface area contributed by atoms with Crippen molar-refractivity contribution in [2.24, 2.45) is 11.8 Å². The largest absolute Gasteiger partial charge is 0.351 e. The van der Waals surface area contributed by atoms with E-state index in [0.29, 0.717) is 11.4 Å². The van der Waals surface area contributed by atoms with Crippen molar-refractivity contribution >= 4 is 46.5 Å². The van der Waals surface area contributed by atoms with Gasteiger partial charge in [-0.15, -0.1) is 0 Å². The maximum absolute atomic E-state index is 13.8. The predicted octanol–water partition coefficient (Wildman–Crippen LogP) is 3.93. The molecular weight excluding hydrogens is 472 g/mol. The van der Waals surface area contributed by atoms with Crippen molar-refractivity contribution in [2.75, 3.05) is 15.1 Å². The molecular formula is C28H22N4O5. The molecule has 3 aromatic carbocycles. The van der Waals surface area contributed by atoms with Crippen LogP contribution in [0.1, 0.15) is 11.1 Å². The van der Waals surface area contributed by atoms with Gasteiger partial charge in [-0.1, -0.05) is 48.0 Å². The topological polar surface area (TPSA) is 113 Å². The minimum absolute atomic E-state index is 0.0978. The quantitative estimate of drug-likeness (QED) is 0.334. The number of anilines is 3. The summed E-state index contributed by atoms with van der Waals surface area (Å²) < 4.78 is 0. The summed E-state index contributed by atoms with van der Waals surface area (Å²) in [6.45, 7) is 1.92. The van der Waals surface area contributed by atoms with Gasteiger partial charge in [0.25, 0.3) is 5.69 Å². The minimum atomic E-state index is -0.955. The summed E-state index contributed by atoms with van der Waals surface area (Å²) in [5.74, 6) is -2.83. The second-order valence-electron chi connectivity index (χ2n) is 9.45. The SMILES string of the molecule is Cc1ccc(N2C(=O)[C@@H]3[C@H](C2=O)[C@H](C(=O)Nc2ccc([N+](=O)[O-])cc2)N2c4ccccc4C=C[C@@H]32)cc1. The molecule has 0 aliphatic carbocycles. The van der Waals surface area contributed by atoms with E-state index in [4.69, 9.17) is 0 Å². The fourth-order valence-electron chi connectivity index (χ4n) is 5.64. The first-order chi connectivity index (χ1) is 17.8. The van der Waals surface area contributed by atoms with Crippen LogP contribution in [0.4, 0.5) is 22.7 Å². The van der Waals surface area contributed by atoms with Gasteiger partial charge < -0.3 is 10.2 Å². The van der Waals surface area contributed by atoms with Crippen LogP contribution in [0.3, 0.4) is 0 Å². The molecule has 9 heteroatoms. The number of carbonyl (C=O) groups excluding carboxylic acids is 3. The second kappa shape index (κ2) is 8.41. The van der Waals surface area contributed by atoms with Gasteiger partial charge in [-0.05, 0) is 42.8 Å². The zero-order valence-electron chi connectivity index (χ0n) is 19.8. The predicted molar refractivity (Wildman–Crippen MR) is 138 cm³/mol. The molecule has 0 radical (unpaired) electrons. The van der Waals surface area contributed by atoms with Gasteiger partial charge >= 0.3 is 0 Å². The van der Waals surface area contributed by atoms with Crippen LogP contribution in [0.5, 0.6) is 0 Å². The van der Waals surface area contributed by atoms with Crippen LogP contribution in [0.15, 0.2) is 78.9 Å². The van der Waals surface area contributed by atoms with Gasteiger partial charge in [0, 0.05) is 23.5 Å². The number of non-ortho nitro benzene ring substituents is 1. The number of nitro benzene ring substituents is 1. The molecule has 3 amide bonds. The normalized spacial score (nSPS) is 23.5. The van der Waals surface area contributed by atoms with Crippen molar-refractivity contribution in [3.05, 3.63) is 100 Å². The summed E-state index contributed by atoms with van der Waals surface area (Å²) in [4.78, 5) is 54.9. The zero-order chi connectivity index (χ0) is 25.8. The van der Waals surface area contributed by atoms with Crippen LogP contribution < -0.4 is 15.1 Å². The minimum Gasteiger partial charge on any atom is -0.351 e. The molecule has 37 heavy (non-hydrogen) atoms. The van der Waals surface area contributed by atoms with Crippen molar-refractivity contribution < 1.29 is 19.3 Å². The highest BCUT2D eigenvalue weighted by Gasteiger charge is 2.64. The first kappa shape index (κ1) is 22.7. The number of hydrogen-bond donors (Lipinski definition) is 1. The molecule has 3 aliphatic rings. The molecule has 3 heterocycles. The molecule has 0 unspecified atom stereocenters. The van der Waals surface area contributed by atoms with Crippen LogP contribution in [0.2, 0.25) is 0 Å². The summed E-state index contributed by atoms with van der Waals surface area (Å²) in [5.41, 5.74) is 3.42. The van der Waals surface area contributed by atoms with Crippen molar-refractivity contribution in [1.82, 2.24) is 0 Å². The Morgan fingerprint density at radius 2 is 1.59 bits per heavy atom. The molecule has 0 bridgehead atoms. The van der Waals surface area contributed by atoms with E-state index in [-0.39, 0.29) is 11.6 Å². The zero-order valence-corrected chi connectivity index (χ0v) is 19.8. The van der Waals surface area contributed by atoms with Gasteiger partial charge in [0.05, 0.1) is 28.5 Å². The van der Waals surface area contributed by atoms with Crippen molar-refractivity contribution in [3.8, 4) is 0 Å². The van der Waals surface area contributed by atoms with E-state index in [1.807, 2.05) is 60.4 Å². The Morgan fingerprint density at radius 3 is 2.30 bits per heavy atom. The van der Waals surface area contributed by atoms with Crippen LogP contribution in [-0.2, 0) is 14.4 Å². The summed E-state index contributed by atoms with van der Waals surface area (Å²) >= 11 is 0. The number of fused-ring (bicyclic) bond motifs is 5. The standard InChI is InChI=1S/C28H22N4O5/c1-16-6-11-19(12-7-16)30-27(34)23-22-15-8-17-4-2-3-5-21(17)31(22)25(24(23)28(30)35)26(33)29-18-9-13-20(14-10-18)32(36)37/h2-15,22-25H,1H3,(H,29,33)/t22-,23-,24-,25+/m0/s1. The van der Waals surface area contributed by atoms with E-state index in [2.05, 4.69) is 5.32 Å². The van der Waals surface area contributed by atoms with Crippen LogP contribution in [0.25, 0.3) is 6.08 Å². The second-order valence-corrected chi connectivity index (χ2v) is 9.45. The number of para-hydroxylation sites is 1. The lowest BCUT2D eigenvalue weighted by molar-refractivity contribution is -0.384. The Bertz CT molecular complexity index is 1480. The number of benzene rings is 3. The fourth-order valence-corrected chi connectivity index (χ4v) is 5.64. The summed E-state index contributed by atoms with van der Waals surface area (Å²) in [7, 11) is 0. The molecule has 0 aromatic heterocycles. The van der Waals surface area contributed by atoms with Crippen molar-refractivity contribution in [1.29, 1.82) is 0 Å². The summed E-state index contributed by atoms with van der Waals surface area (Å²) in [6.07, 6.45) is 3.82. The van der Waals surface area contributed by atoms with Gasteiger partial charge in [0.15, 0.2) is 0 Å². The third-order valence-corrected chi connectivity index (χ3v) is 7.32. The average Bonchev–Trinajstić information content (AvgIpc) is 3.38. The Kier molecular flexibility index (Phi) is 5.15. The number of carbonyl (C=O) groups is 3. The van der Waals surface area contributed by atoms with Gasteiger partial charge in [0.2, 0.25) is 17.7 Å². The van der Waals surface area contributed by atoms with E-state index in [1.165, 1.54) is 29.2 Å². The van der Waals surface area contributed by atoms with Crippen LogP contribution in [0, 0.1) is 28.9 Å². The van der Waals surface area contributed by atoms with E-state index >= 15 is 0 Å². The highest BCUT2D eigenvalue weighted by Crippen LogP contribution is 2.49. The van der Waals surface area contributed by atoms with Crippen LogP contribution >= 0.6 is 0 Å². The molecule has 1 N–H and O–H groups in total. The number of hydrogen-bond acceptors (Lipinski definition) is 6. The Hall–Kier alpha value is -4.79. The number of nitro groups is 1. The lowest BCUT2D eigenvalue weighted by atomic mass is 9.88. The molecule has 9 nitrogen and oxygen atoms in total. The van der Waals surface area contributed by atoms with Crippen molar-refractivity contribution in [3.63, 3.8) is 0 Å². The monoisotopic (exact) mass is 494 g/mol. The van der Waals surface area contributed by atoms with E-state index < -0.39 is 40.7 Å². The third-order valence-electron chi connectivity index (χ3n) is 7.32. The molecule has 0 spiro atoms. The number of nitrogens with zero attached hydrogens (tertiary/aromatic N) is 3. The van der Waals surface area contributed by atoms with Crippen molar-refractivity contribution in [2.45, 2.75) is 19.0 Å². The first-order valence-corrected chi connectivity index (χ1v) is 11.9. The lowest BCUT2D eigenvalue weighted by Crippen LogP contribution is -2.50. The average molecular weight is 495 g/mol. The van der Waals surface area contributed by atoms with E-state index in [1.54, 1.807) is 12.1 Å². The highest BCUT2D eigenvalue weighted by molar-refractivity contribution is 6.25. The number of aryl methyl sites for hydroxylation is 1. The number of imide groups is 1. The molecule has 6 rings (SSSR count). The first-order valence-electron chi connectivity index (χ1n) is 11.9. The maximum atomic E-state index is 13.8. The van der Waals surface area contributed by atoms with Crippen LogP contribution in [-0.4, -0.2) is 34.7 Å². The molecule has 3 aromatic rings. The molecule has 2 fully saturated rings. The molecule has 3 aliphatic heterocycles. The smallest absolute Gasteiger partial charge is 0.269 e. The Balaban J connectivity index is 1.40. The molecule has 4 atom stereocenters. The fraction of sp³-hybridized carbons (Fsp3) is 0.179. The lowest BCUT2D eigenvalue weighted by Gasteiger charge is -2.36. The Labute approximate surface area is 212 Å².